The van der Waals surface area contributed by atoms with E-state index >= 15 is 0 Å². The Morgan fingerprint density at radius 1 is 1.21 bits per heavy atom. The lowest BCUT2D eigenvalue weighted by Gasteiger charge is -2.11. The van der Waals surface area contributed by atoms with Crippen molar-refractivity contribution >= 4 is 27.6 Å². The fourth-order valence-electron chi connectivity index (χ4n) is 2.41. The first-order valence-corrected chi connectivity index (χ1v) is 8.70. The predicted octanol–water partition coefficient (Wildman–Crippen LogP) is 1.87. The minimum absolute atomic E-state index is 0.00809. The normalized spacial score (nSPS) is 11.8. The molecule has 7 nitrogen and oxygen atoms in total. The van der Waals surface area contributed by atoms with E-state index < -0.39 is 29.9 Å². The van der Waals surface area contributed by atoms with E-state index in [-0.39, 0.29) is 34.1 Å². The first-order chi connectivity index (χ1) is 13.2. The van der Waals surface area contributed by atoms with Gasteiger partial charge in [-0.2, -0.15) is 17.8 Å². The largest absolute Gasteiger partial charge is 0.395 e. The topological polar surface area (TPSA) is 103 Å². The number of halogens is 4. The Kier molecular flexibility index (Phi) is 5.42. The summed E-state index contributed by atoms with van der Waals surface area (Å²) in [4.78, 5) is 32.6. The molecule has 2 heterocycles. The summed E-state index contributed by atoms with van der Waals surface area (Å²) in [5, 5.41) is -0.314. The maximum Gasteiger partial charge on any atom is 0.395 e. The fourth-order valence-corrected chi connectivity index (χ4v) is 3.39. The third-order valence-corrected chi connectivity index (χ3v) is 4.55. The van der Waals surface area contributed by atoms with Crippen molar-refractivity contribution in [2.45, 2.75) is 25.6 Å². The number of carbonyl (C=O) groups excluding carboxylic acids is 1. The second-order valence-electron chi connectivity index (χ2n) is 5.76. The zero-order valence-electron chi connectivity index (χ0n) is 14.1. The number of amides is 1. The number of carbonyl (C=O) groups is 1. The molecule has 1 aromatic carbocycles. The van der Waals surface area contributed by atoms with Gasteiger partial charge in [0.1, 0.15) is 16.6 Å². The van der Waals surface area contributed by atoms with Crippen LogP contribution < -0.4 is 16.7 Å². The lowest BCUT2D eigenvalue weighted by Crippen LogP contribution is -2.37. The Morgan fingerprint density at radius 3 is 2.50 bits per heavy atom. The highest BCUT2D eigenvalue weighted by Crippen LogP contribution is 2.26. The summed E-state index contributed by atoms with van der Waals surface area (Å²) < 4.78 is 51.4. The number of nitrogens with zero attached hydrogens (tertiary/aromatic N) is 3. The van der Waals surface area contributed by atoms with E-state index in [1.165, 1.54) is 24.3 Å². The number of rotatable bonds is 5. The number of nitrogens with one attached hydrogen (secondary N) is 1. The molecule has 0 unspecified atom stereocenters. The number of benzene rings is 1. The fraction of sp³-hybridized carbons (Fsp3) is 0.250. The van der Waals surface area contributed by atoms with E-state index in [4.69, 9.17) is 5.73 Å². The number of aromatic nitrogens is 3. The van der Waals surface area contributed by atoms with Gasteiger partial charge < -0.3 is 5.73 Å². The van der Waals surface area contributed by atoms with Crippen LogP contribution in [0.2, 0.25) is 0 Å². The number of hydrogen-bond donors (Lipinski definition) is 2. The molecule has 0 atom stereocenters. The van der Waals surface area contributed by atoms with E-state index in [9.17, 15) is 27.2 Å². The van der Waals surface area contributed by atoms with Gasteiger partial charge in [0.25, 0.3) is 5.56 Å². The zero-order chi connectivity index (χ0) is 20.5. The van der Waals surface area contributed by atoms with Crippen molar-refractivity contribution < 1.29 is 22.4 Å². The standard InChI is InChI=1S/C16H13F4N5O2S/c17-9-3-1-8(2-4-9)5-11(26)24-25-10(7-21)22-14-13(15(25)27)23-12(28-14)6-16(18,19)20/h1-4H,5-7,21H2,(H,24,26). The third-order valence-electron chi connectivity index (χ3n) is 3.60. The number of nitrogens with two attached hydrogens (primary N) is 1. The summed E-state index contributed by atoms with van der Waals surface area (Å²) in [5.74, 6) is -1.11. The van der Waals surface area contributed by atoms with Gasteiger partial charge in [0.15, 0.2) is 10.3 Å². The Hall–Kier alpha value is -2.86. The minimum atomic E-state index is -4.48. The number of hydrogen-bond acceptors (Lipinski definition) is 6. The van der Waals surface area contributed by atoms with Crippen LogP contribution in [0.5, 0.6) is 0 Å². The summed E-state index contributed by atoms with van der Waals surface area (Å²) >= 11 is 0.640. The van der Waals surface area contributed by atoms with E-state index in [0.29, 0.717) is 16.9 Å². The van der Waals surface area contributed by atoms with Crippen LogP contribution in [0.4, 0.5) is 17.6 Å². The Morgan fingerprint density at radius 2 is 1.89 bits per heavy atom. The highest BCUT2D eigenvalue weighted by atomic mass is 32.1. The SMILES string of the molecule is NCc1nc2sc(CC(F)(F)F)nc2c(=O)n1NC(=O)Cc1ccc(F)cc1. The van der Waals surface area contributed by atoms with Gasteiger partial charge in [0.2, 0.25) is 5.91 Å². The Labute approximate surface area is 158 Å². The molecular formula is C16H13F4N5O2S. The van der Waals surface area contributed by atoms with Gasteiger partial charge in [-0.25, -0.2) is 14.4 Å². The van der Waals surface area contributed by atoms with E-state index in [0.717, 1.165) is 4.68 Å². The van der Waals surface area contributed by atoms with Gasteiger partial charge in [-0.15, -0.1) is 0 Å². The zero-order valence-corrected chi connectivity index (χ0v) is 14.9. The maximum atomic E-state index is 12.9. The molecule has 2 aromatic heterocycles. The monoisotopic (exact) mass is 415 g/mol. The molecule has 28 heavy (non-hydrogen) atoms. The number of thiazole rings is 1. The quantitative estimate of drug-likeness (QED) is 0.620. The first-order valence-electron chi connectivity index (χ1n) is 7.89. The smallest absolute Gasteiger partial charge is 0.324 e. The molecule has 3 aromatic rings. The molecule has 148 valence electrons. The van der Waals surface area contributed by atoms with Crippen LogP contribution in [0.15, 0.2) is 29.1 Å². The van der Waals surface area contributed by atoms with Crippen molar-refractivity contribution in [3.05, 3.63) is 56.8 Å². The molecule has 0 fully saturated rings. The highest BCUT2D eigenvalue weighted by molar-refractivity contribution is 7.18. The van der Waals surface area contributed by atoms with E-state index in [2.05, 4.69) is 15.4 Å². The van der Waals surface area contributed by atoms with Crippen molar-refractivity contribution in [3.8, 4) is 0 Å². The molecule has 0 saturated heterocycles. The molecule has 3 rings (SSSR count). The minimum Gasteiger partial charge on any atom is -0.324 e. The molecule has 0 spiro atoms. The molecule has 12 heteroatoms. The molecule has 3 N–H and O–H groups in total. The molecule has 0 bridgehead atoms. The summed E-state index contributed by atoms with van der Waals surface area (Å²) in [6.07, 6.45) is -5.93. The van der Waals surface area contributed by atoms with Crippen molar-refractivity contribution in [3.63, 3.8) is 0 Å². The van der Waals surface area contributed by atoms with Gasteiger partial charge in [-0.3, -0.25) is 15.0 Å². The summed E-state index contributed by atoms with van der Waals surface area (Å²) in [5.41, 5.74) is 7.24. The third kappa shape index (κ3) is 4.51. The second kappa shape index (κ2) is 7.64. The van der Waals surface area contributed by atoms with Crippen LogP contribution >= 0.6 is 11.3 Å². The van der Waals surface area contributed by atoms with Crippen molar-refractivity contribution in [1.29, 1.82) is 0 Å². The summed E-state index contributed by atoms with van der Waals surface area (Å²) in [6.45, 7) is -0.242. The lowest BCUT2D eigenvalue weighted by atomic mass is 10.1. The van der Waals surface area contributed by atoms with E-state index in [1.807, 2.05) is 0 Å². The average molecular weight is 415 g/mol. The van der Waals surface area contributed by atoms with Crippen molar-refractivity contribution in [2.75, 3.05) is 5.43 Å². The molecule has 1 amide bonds. The van der Waals surface area contributed by atoms with Crippen LogP contribution in [0, 0.1) is 5.82 Å². The van der Waals surface area contributed by atoms with Crippen LogP contribution in [0.3, 0.4) is 0 Å². The van der Waals surface area contributed by atoms with Crippen LogP contribution in [-0.4, -0.2) is 26.7 Å². The second-order valence-corrected chi connectivity index (χ2v) is 6.83. The molecular weight excluding hydrogens is 402 g/mol. The summed E-state index contributed by atoms with van der Waals surface area (Å²) in [6, 6.07) is 5.19. The molecule has 0 aliphatic heterocycles. The van der Waals surface area contributed by atoms with Crippen LogP contribution in [-0.2, 0) is 24.2 Å². The molecule has 0 aliphatic carbocycles. The number of alkyl halides is 3. The number of fused-ring (bicyclic) bond motifs is 1. The molecule has 0 radical (unpaired) electrons. The maximum absolute atomic E-state index is 12.9. The van der Waals surface area contributed by atoms with Crippen LogP contribution in [0.1, 0.15) is 16.4 Å². The van der Waals surface area contributed by atoms with Crippen LogP contribution in [0.25, 0.3) is 10.3 Å². The molecule has 0 aliphatic rings. The molecule has 0 saturated carbocycles. The van der Waals surface area contributed by atoms with Crippen molar-refractivity contribution in [1.82, 2.24) is 14.6 Å². The van der Waals surface area contributed by atoms with Gasteiger partial charge in [-0.1, -0.05) is 23.5 Å². The van der Waals surface area contributed by atoms with Gasteiger partial charge in [-0.05, 0) is 17.7 Å². The van der Waals surface area contributed by atoms with Gasteiger partial charge in [0.05, 0.1) is 19.4 Å². The highest BCUT2D eigenvalue weighted by Gasteiger charge is 2.30. The first kappa shape index (κ1) is 19.9. The average Bonchev–Trinajstić information content (AvgIpc) is 3.00. The Balaban J connectivity index is 1.91. The van der Waals surface area contributed by atoms with Gasteiger partial charge >= 0.3 is 6.18 Å². The van der Waals surface area contributed by atoms with E-state index in [1.54, 1.807) is 0 Å². The van der Waals surface area contributed by atoms with Gasteiger partial charge in [0, 0.05) is 0 Å². The Bertz CT molecular complexity index is 1080. The lowest BCUT2D eigenvalue weighted by molar-refractivity contribution is -0.127. The summed E-state index contributed by atoms with van der Waals surface area (Å²) in [7, 11) is 0. The van der Waals surface area contributed by atoms with Crippen molar-refractivity contribution in [2.24, 2.45) is 5.73 Å². The predicted molar refractivity (Wildman–Crippen MR) is 93.8 cm³/mol.